The van der Waals surface area contributed by atoms with E-state index in [4.69, 9.17) is 9.52 Å². The molecule has 0 aliphatic heterocycles. The molecule has 0 spiro atoms. The highest BCUT2D eigenvalue weighted by atomic mass is 19.1. The number of aryl methyl sites for hydroxylation is 1. The molecule has 2 aromatic rings. The van der Waals surface area contributed by atoms with Gasteiger partial charge < -0.3 is 14.8 Å². The molecule has 1 heterocycles. The van der Waals surface area contributed by atoms with Gasteiger partial charge in [-0.3, -0.25) is 4.79 Å². The third-order valence-corrected chi connectivity index (χ3v) is 3.53. The highest BCUT2D eigenvalue weighted by Gasteiger charge is 2.26. The van der Waals surface area contributed by atoms with Gasteiger partial charge in [-0.05, 0) is 48.2 Å². The summed E-state index contributed by atoms with van der Waals surface area (Å²) in [5.74, 6) is -2.46. The number of nitrogens with one attached hydrogen (secondary N) is 1. The van der Waals surface area contributed by atoms with Gasteiger partial charge in [0.2, 0.25) is 5.76 Å². The number of rotatable bonds is 3. The van der Waals surface area contributed by atoms with Gasteiger partial charge in [0.05, 0.1) is 6.04 Å². The SMILES string of the molecule is O=C(O)c1ccc(C(=O)N[C@@H]2CCc3ccc(F)cc32)o1. The lowest BCUT2D eigenvalue weighted by molar-refractivity contribution is 0.0659. The summed E-state index contributed by atoms with van der Waals surface area (Å²) in [6, 6.07) is 6.76. The summed E-state index contributed by atoms with van der Waals surface area (Å²) in [4.78, 5) is 22.8. The van der Waals surface area contributed by atoms with E-state index in [0.29, 0.717) is 6.42 Å². The van der Waals surface area contributed by atoms with Gasteiger partial charge >= 0.3 is 5.97 Å². The first kappa shape index (κ1) is 13.4. The number of halogens is 1. The number of fused-ring (bicyclic) bond motifs is 1. The Morgan fingerprint density at radius 1 is 1.24 bits per heavy atom. The molecule has 21 heavy (non-hydrogen) atoms. The lowest BCUT2D eigenvalue weighted by atomic mass is 10.1. The summed E-state index contributed by atoms with van der Waals surface area (Å²) in [6.45, 7) is 0. The summed E-state index contributed by atoms with van der Waals surface area (Å²) in [7, 11) is 0. The average molecular weight is 289 g/mol. The molecule has 3 rings (SSSR count). The average Bonchev–Trinajstić information content (AvgIpc) is 3.06. The molecule has 0 bridgehead atoms. The van der Waals surface area contributed by atoms with Gasteiger partial charge in [0.1, 0.15) is 5.82 Å². The van der Waals surface area contributed by atoms with Gasteiger partial charge in [-0.1, -0.05) is 6.07 Å². The molecule has 1 aliphatic rings. The van der Waals surface area contributed by atoms with Crippen molar-refractivity contribution in [3.05, 3.63) is 58.8 Å². The summed E-state index contributed by atoms with van der Waals surface area (Å²) >= 11 is 0. The highest BCUT2D eigenvalue weighted by Crippen LogP contribution is 2.31. The van der Waals surface area contributed by atoms with E-state index in [2.05, 4.69) is 5.32 Å². The lowest BCUT2D eigenvalue weighted by Gasteiger charge is -2.13. The summed E-state index contributed by atoms with van der Waals surface area (Å²) in [5, 5.41) is 11.5. The first-order chi connectivity index (χ1) is 10.0. The maximum atomic E-state index is 13.3. The van der Waals surface area contributed by atoms with Crippen molar-refractivity contribution in [2.24, 2.45) is 0 Å². The Morgan fingerprint density at radius 2 is 2.00 bits per heavy atom. The second-order valence-electron chi connectivity index (χ2n) is 4.88. The zero-order chi connectivity index (χ0) is 15.0. The molecular weight excluding hydrogens is 277 g/mol. The normalized spacial score (nSPS) is 16.5. The molecule has 2 N–H and O–H groups in total. The minimum atomic E-state index is -1.23. The number of carbonyl (C=O) groups is 2. The highest BCUT2D eigenvalue weighted by molar-refractivity contribution is 5.93. The van der Waals surface area contributed by atoms with Crippen LogP contribution in [0.5, 0.6) is 0 Å². The number of aromatic carboxylic acids is 1. The molecule has 1 aromatic heterocycles. The summed E-state index contributed by atoms with van der Waals surface area (Å²) in [5.41, 5.74) is 1.76. The Bertz CT molecular complexity index is 722. The van der Waals surface area contributed by atoms with Crippen LogP contribution in [0, 0.1) is 5.82 Å². The molecule has 0 unspecified atom stereocenters. The zero-order valence-electron chi connectivity index (χ0n) is 10.9. The standard InChI is InChI=1S/C15H12FNO4/c16-9-3-1-8-2-4-11(10(8)7-9)17-14(18)12-5-6-13(21-12)15(19)20/h1,3,5-7,11H,2,4H2,(H,17,18)(H,19,20)/t11-/m1/s1. The third-order valence-electron chi connectivity index (χ3n) is 3.53. The maximum Gasteiger partial charge on any atom is 0.371 e. The predicted octanol–water partition coefficient (Wildman–Crippen LogP) is 2.53. The van der Waals surface area contributed by atoms with Crippen molar-refractivity contribution < 1.29 is 23.5 Å². The maximum absolute atomic E-state index is 13.3. The number of hydrogen-bond donors (Lipinski definition) is 2. The van der Waals surface area contributed by atoms with Crippen LogP contribution < -0.4 is 5.32 Å². The molecule has 0 radical (unpaired) electrons. The topological polar surface area (TPSA) is 79.5 Å². The molecule has 1 amide bonds. The van der Waals surface area contributed by atoms with E-state index in [1.54, 1.807) is 6.07 Å². The smallest absolute Gasteiger partial charge is 0.371 e. The second kappa shape index (κ2) is 5.05. The van der Waals surface area contributed by atoms with E-state index in [1.807, 2.05) is 0 Å². The zero-order valence-corrected chi connectivity index (χ0v) is 10.9. The first-order valence-corrected chi connectivity index (χ1v) is 6.47. The second-order valence-corrected chi connectivity index (χ2v) is 4.88. The van der Waals surface area contributed by atoms with Crippen LogP contribution in [0.15, 0.2) is 34.7 Å². The van der Waals surface area contributed by atoms with Crippen molar-refractivity contribution in [2.45, 2.75) is 18.9 Å². The molecule has 1 atom stereocenters. The van der Waals surface area contributed by atoms with Gasteiger partial charge in [0.25, 0.3) is 5.91 Å². The van der Waals surface area contributed by atoms with Crippen LogP contribution in [-0.4, -0.2) is 17.0 Å². The molecule has 0 fully saturated rings. The molecule has 0 saturated heterocycles. The number of amides is 1. The van der Waals surface area contributed by atoms with Gasteiger partial charge in [-0.25, -0.2) is 9.18 Å². The van der Waals surface area contributed by atoms with Gasteiger partial charge in [-0.15, -0.1) is 0 Å². The van der Waals surface area contributed by atoms with Gasteiger partial charge in [0.15, 0.2) is 5.76 Å². The molecule has 0 saturated carbocycles. The Kier molecular flexibility index (Phi) is 3.21. The molecule has 6 heteroatoms. The van der Waals surface area contributed by atoms with Gasteiger partial charge in [0, 0.05) is 0 Å². The van der Waals surface area contributed by atoms with E-state index in [-0.39, 0.29) is 23.4 Å². The van der Waals surface area contributed by atoms with Crippen LogP contribution in [-0.2, 0) is 6.42 Å². The van der Waals surface area contributed by atoms with Crippen LogP contribution in [0.2, 0.25) is 0 Å². The van der Waals surface area contributed by atoms with E-state index in [9.17, 15) is 14.0 Å². The first-order valence-electron chi connectivity index (χ1n) is 6.47. The Labute approximate surface area is 119 Å². The molecule has 108 valence electrons. The van der Waals surface area contributed by atoms with Crippen LogP contribution in [0.3, 0.4) is 0 Å². The quantitative estimate of drug-likeness (QED) is 0.910. The van der Waals surface area contributed by atoms with Crippen molar-refractivity contribution in [3.8, 4) is 0 Å². The fraction of sp³-hybridized carbons (Fsp3) is 0.200. The Morgan fingerprint density at radius 3 is 2.71 bits per heavy atom. The van der Waals surface area contributed by atoms with Crippen LogP contribution >= 0.6 is 0 Å². The number of furan rings is 1. The van der Waals surface area contributed by atoms with E-state index < -0.39 is 11.9 Å². The monoisotopic (exact) mass is 289 g/mol. The van der Waals surface area contributed by atoms with E-state index in [0.717, 1.165) is 17.5 Å². The molecule has 1 aliphatic carbocycles. The van der Waals surface area contributed by atoms with Crippen molar-refractivity contribution in [3.63, 3.8) is 0 Å². The minimum Gasteiger partial charge on any atom is -0.475 e. The summed E-state index contributed by atoms with van der Waals surface area (Å²) in [6.07, 6.45) is 1.44. The molecule has 1 aromatic carbocycles. The van der Waals surface area contributed by atoms with Crippen LogP contribution in [0.4, 0.5) is 4.39 Å². The molecular formula is C15H12FNO4. The van der Waals surface area contributed by atoms with Crippen molar-refractivity contribution in [1.29, 1.82) is 0 Å². The van der Waals surface area contributed by atoms with Crippen molar-refractivity contribution in [2.75, 3.05) is 0 Å². The molecule has 5 nitrogen and oxygen atoms in total. The van der Waals surface area contributed by atoms with Crippen molar-refractivity contribution in [1.82, 2.24) is 5.32 Å². The number of hydrogen-bond acceptors (Lipinski definition) is 3. The van der Waals surface area contributed by atoms with Crippen LogP contribution in [0.25, 0.3) is 0 Å². The number of benzene rings is 1. The van der Waals surface area contributed by atoms with E-state index in [1.165, 1.54) is 24.3 Å². The fourth-order valence-corrected chi connectivity index (χ4v) is 2.53. The Balaban J connectivity index is 1.77. The van der Waals surface area contributed by atoms with Gasteiger partial charge in [-0.2, -0.15) is 0 Å². The number of carboxylic acids is 1. The third kappa shape index (κ3) is 2.52. The van der Waals surface area contributed by atoms with Crippen LogP contribution in [0.1, 0.15) is 44.7 Å². The summed E-state index contributed by atoms with van der Waals surface area (Å²) < 4.78 is 18.2. The van der Waals surface area contributed by atoms with E-state index >= 15 is 0 Å². The lowest BCUT2D eigenvalue weighted by Crippen LogP contribution is -2.26. The minimum absolute atomic E-state index is 0.0720. The largest absolute Gasteiger partial charge is 0.475 e. The predicted molar refractivity (Wildman–Crippen MR) is 70.6 cm³/mol. The van der Waals surface area contributed by atoms with Crippen molar-refractivity contribution >= 4 is 11.9 Å². The number of carboxylic acid groups (broad SMARTS) is 1. The fourth-order valence-electron chi connectivity index (χ4n) is 2.53. The number of carbonyl (C=O) groups excluding carboxylic acids is 1. The Hall–Kier alpha value is -2.63.